The quantitative estimate of drug-likeness (QED) is 0.552. The minimum atomic E-state index is 0.315. The Labute approximate surface area is 108 Å². The average Bonchev–Trinajstić information content (AvgIpc) is 2.27. The second kappa shape index (κ2) is 9.86. The van der Waals surface area contributed by atoms with E-state index in [9.17, 15) is 0 Å². The van der Waals surface area contributed by atoms with Gasteiger partial charge >= 0.3 is 0 Å². The summed E-state index contributed by atoms with van der Waals surface area (Å²) in [5, 5.41) is 3.75. The summed E-state index contributed by atoms with van der Waals surface area (Å²) in [6.45, 7) is 8.66. The van der Waals surface area contributed by atoms with Crippen molar-refractivity contribution in [1.82, 2.24) is 5.32 Å². The molecule has 0 spiro atoms. The Morgan fingerprint density at radius 2 is 1.12 bits per heavy atom. The van der Waals surface area contributed by atoms with Gasteiger partial charge in [0.2, 0.25) is 0 Å². The highest BCUT2D eigenvalue weighted by atomic mass is 14.9. The van der Waals surface area contributed by atoms with Gasteiger partial charge in [-0.05, 0) is 52.4 Å². The molecule has 0 heterocycles. The molecule has 0 aromatic carbocycles. The molecule has 0 aliphatic rings. The zero-order chi connectivity index (χ0) is 13.3. The molecule has 4 unspecified atom stereocenters. The zero-order valence-electron chi connectivity index (χ0n) is 12.2. The lowest BCUT2D eigenvalue weighted by Gasteiger charge is -2.25. The Bertz CT molecular complexity index is 151. The highest BCUT2D eigenvalue weighted by Gasteiger charge is 2.13. The molecule has 0 aliphatic heterocycles. The minimum Gasteiger partial charge on any atom is -0.328 e. The molecule has 0 aromatic heterocycles. The Morgan fingerprint density at radius 3 is 1.35 bits per heavy atom. The highest BCUT2D eigenvalue weighted by Crippen LogP contribution is 2.10. The molecule has 5 N–H and O–H groups in total. The Balaban J connectivity index is 3.94. The minimum absolute atomic E-state index is 0.315. The first-order chi connectivity index (χ1) is 7.99. The average molecular weight is 243 g/mol. The summed E-state index contributed by atoms with van der Waals surface area (Å²) in [6.07, 6.45) is 6.94. The summed E-state index contributed by atoms with van der Waals surface area (Å²) >= 11 is 0. The van der Waals surface area contributed by atoms with Crippen LogP contribution in [0.1, 0.15) is 66.2 Å². The van der Waals surface area contributed by atoms with Crippen molar-refractivity contribution in [2.75, 3.05) is 0 Å². The summed E-state index contributed by atoms with van der Waals surface area (Å²) in [7, 11) is 0. The molecule has 0 saturated heterocycles. The summed E-state index contributed by atoms with van der Waals surface area (Å²) in [4.78, 5) is 0. The molecular formula is C14H33N3. The van der Waals surface area contributed by atoms with E-state index in [1.54, 1.807) is 0 Å². The van der Waals surface area contributed by atoms with E-state index in [2.05, 4.69) is 33.0 Å². The van der Waals surface area contributed by atoms with E-state index in [-0.39, 0.29) is 0 Å². The fraction of sp³-hybridized carbons (Fsp3) is 1.00. The summed E-state index contributed by atoms with van der Waals surface area (Å²) in [5.41, 5.74) is 11.6. The van der Waals surface area contributed by atoms with Crippen LogP contribution in [0.2, 0.25) is 0 Å². The van der Waals surface area contributed by atoms with Gasteiger partial charge in [-0.15, -0.1) is 0 Å². The number of hydrogen-bond donors (Lipinski definition) is 3. The number of hydrogen-bond acceptors (Lipinski definition) is 3. The van der Waals surface area contributed by atoms with Gasteiger partial charge < -0.3 is 16.8 Å². The van der Waals surface area contributed by atoms with Crippen molar-refractivity contribution in [1.29, 1.82) is 0 Å². The van der Waals surface area contributed by atoms with Crippen LogP contribution in [-0.2, 0) is 0 Å². The predicted molar refractivity (Wildman–Crippen MR) is 77.1 cm³/mol. The van der Waals surface area contributed by atoms with Gasteiger partial charge in [0.1, 0.15) is 0 Å². The number of nitrogens with two attached hydrogens (primary N) is 2. The van der Waals surface area contributed by atoms with Crippen molar-refractivity contribution in [3.05, 3.63) is 0 Å². The van der Waals surface area contributed by atoms with Crippen LogP contribution in [0.25, 0.3) is 0 Å². The van der Waals surface area contributed by atoms with Gasteiger partial charge in [-0.2, -0.15) is 0 Å². The van der Waals surface area contributed by atoms with Crippen LogP contribution in [0.3, 0.4) is 0 Å². The van der Waals surface area contributed by atoms with Gasteiger partial charge in [-0.25, -0.2) is 0 Å². The monoisotopic (exact) mass is 243 g/mol. The SMILES string of the molecule is CCC(CCC(C)N)NC(CC)CCC(C)N. The van der Waals surface area contributed by atoms with Crippen molar-refractivity contribution in [3.63, 3.8) is 0 Å². The van der Waals surface area contributed by atoms with Crippen LogP contribution in [-0.4, -0.2) is 24.2 Å². The van der Waals surface area contributed by atoms with Crippen LogP contribution in [0.15, 0.2) is 0 Å². The van der Waals surface area contributed by atoms with Crippen molar-refractivity contribution in [3.8, 4) is 0 Å². The standard InChI is InChI=1S/C14H33N3/c1-5-13(9-7-11(3)15)17-14(6-2)10-8-12(4)16/h11-14,17H,5-10,15-16H2,1-4H3. The molecule has 0 saturated carbocycles. The lowest BCUT2D eigenvalue weighted by Crippen LogP contribution is -2.39. The van der Waals surface area contributed by atoms with Crippen molar-refractivity contribution >= 4 is 0 Å². The Morgan fingerprint density at radius 1 is 0.765 bits per heavy atom. The smallest absolute Gasteiger partial charge is 0.00676 e. The zero-order valence-corrected chi connectivity index (χ0v) is 12.2. The first-order valence-corrected chi connectivity index (χ1v) is 7.26. The molecule has 0 aromatic rings. The highest BCUT2D eigenvalue weighted by molar-refractivity contribution is 4.75. The molecule has 0 radical (unpaired) electrons. The third-order valence-electron chi connectivity index (χ3n) is 3.40. The van der Waals surface area contributed by atoms with Crippen molar-refractivity contribution < 1.29 is 0 Å². The van der Waals surface area contributed by atoms with Gasteiger partial charge in [-0.3, -0.25) is 0 Å². The topological polar surface area (TPSA) is 64.1 Å². The fourth-order valence-corrected chi connectivity index (χ4v) is 2.07. The lowest BCUT2D eigenvalue weighted by atomic mass is 10.0. The summed E-state index contributed by atoms with van der Waals surface area (Å²) < 4.78 is 0. The van der Waals surface area contributed by atoms with Crippen LogP contribution in [0.4, 0.5) is 0 Å². The molecule has 0 rings (SSSR count). The molecule has 4 atom stereocenters. The van der Waals surface area contributed by atoms with E-state index in [0.717, 1.165) is 12.8 Å². The third-order valence-corrected chi connectivity index (χ3v) is 3.40. The van der Waals surface area contributed by atoms with E-state index in [1.165, 1.54) is 25.7 Å². The summed E-state index contributed by atoms with van der Waals surface area (Å²) in [6, 6.07) is 1.85. The fourth-order valence-electron chi connectivity index (χ4n) is 2.07. The third kappa shape index (κ3) is 9.57. The Hall–Kier alpha value is -0.120. The second-order valence-corrected chi connectivity index (χ2v) is 5.49. The maximum Gasteiger partial charge on any atom is 0.00676 e. The van der Waals surface area contributed by atoms with Crippen molar-refractivity contribution in [2.45, 2.75) is 90.4 Å². The Kier molecular flexibility index (Phi) is 9.79. The molecule has 3 heteroatoms. The van der Waals surface area contributed by atoms with E-state index >= 15 is 0 Å². The molecule has 0 bridgehead atoms. The van der Waals surface area contributed by atoms with E-state index < -0.39 is 0 Å². The van der Waals surface area contributed by atoms with Crippen molar-refractivity contribution in [2.24, 2.45) is 11.5 Å². The van der Waals surface area contributed by atoms with Gasteiger partial charge in [0.15, 0.2) is 0 Å². The molecule has 104 valence electrons. The maximum absolute atomic E-state index is 5.81. The molecule has 3 nitrogen and oxygen atoms in total. The van der Waals surface area contributed by atoms with Crippen LogP contribution in [0, 0.1) is 0 Å². The van der Waals surface area contributed by atoms with Gasteiger partial charge in [-0.1, -0.05) is 13.8 Å². The first kappa shape index (κ1) is 16.9. The largest absolute Gasteiger partial charge is 0.328 e. The molecular weight excluding hydrogens is 210 g/mol. The van der Waals surface area contributed by atoms with E-state index in [0.29, 0.717) is 24.2 Å². The van der Waals surface area contributed by atoms with Gasteiger partial charge in [0, 0.05) is 24.2 Å². The van der Waals surface area contributed by atoms with Crippen LogP contribution >= 0.6 is 0 Å². The number of rotatable bonds is 10. The lowest BCUT2D eigenvalue weighted by molar-refractivity contribution is 0.353. The normalized spacial score (nSPS) is 18.7. The maximum atomic E-state index is 5.81. The predicted octanol–water partition coefficient (Wildman–Crippen LogP) is 2.39. The molecule has 17 heavy (non-hydrogen) atoms. The molecule has 0 aliphatic carbocycles. The van der Waals surface area contributed by atoms with Crippen LogP contribution < -0.4 is 16.8 Å². The first-order valence-electron chi connectivity index (χ1n) is 7.26. The second-order valence-electron chi connectivity index (χ2n) is 5.49. The van der Waals surface area contributed by atoms with Gasteiger partial charge in [0.25, 0.3) is 0 Å². The van der Waals surface area contributed by atoms with E-state index in [1.807, 2.05) is 0 Å². The summed E-state index contributed by atoms with van der Waals surface area (Å²) in [5.74, 6) is 0. The molecule has 0 amide bonds. The van der Waals surface area contributed by atoms with Crippen LogP contribution in [0.5, 0.6) is 0 Å². The van der Waals surface area contributed by atoms with E-state index in [4.69, 9.17) is 11.5 Å². The number of nitrogens with one attached hydrogen (secondary N) is 1. The van der Waals surface area contributed by atoms with Gasteiger partial charge in [0.05, 0.1) is 0 Å². The molecule has 0 fully saturated rings.